The molecule has 0 heterocycles. The molecule has 0 saturated heterocycles. The summed E-state index contributed by atoms with van der Waals surface area (Å²) in [6, 6.07) is 0.280. The third kappa shape index (κ3) is 4.33. The molecule has 0 spiro atoms. The first-order valence-electron chi connectivity index (χ1n) is 3.06. The number of rotatable bonds is 2. The molecule has 0 aliphatic rings. The van der Waals surface area contributed by atoms with Crippen molar-refractivity contribution in [3.05, 3.63) is 0 Å². The zero-order valence-corrected chi connectivity index (χ0v) is 7.02. The van der Waals surface area contributed by atoms with Crippen LogP contribution in [0.5, 0.6) is 0 Å². The maximum absolute atomic E-state index is 5.25. The molecule has 0 aromatic heterocycles. The van der Waals surface area contributed by atoms with Crippen molar-refractivity contribution in [1.82, 2.24) is 0 Å². The molecule has 9 heavy (non-hydrogen) atoms. The van der Waals surface area contributed by atoms with Crippen molar-refractivity contribution in [3.8, 4) is 0 Å². The van der Waals surface area contributed by atoms with E-state index in [1.165, 1.54) is 0 Å². The summed E-state index contributed by atoms with van der Waals surface area (Å²) in [5, 5.41) is 0.371. The van der Waals surface area contributed by atoms with Crippen molar-refractivity contribution in [1.29, 1.82) is 0 Å². The van der Waals surface area contributed by atoms with Crippen LogP contribution in [0.15, 0.2) is 4.99 Å². The Balaban J connectivity index is 3.76. The quantitative estimate of drug-likeness (QED) is 0.344. The van der Waals surface area contributed by atoms with Crippen molar-refractivity contribution < 1.29 is 0 Å². The lowest BCUT2D eigenvalue weighted by molar-refractivity contribution is 0.532. The van der Waals surface area contributed by atoms with Gasteiger partial charge in [-0.2, -0.15) is 0 Å². The lowest BCUT2D eigenvalue weighted by atomic mass is 10.1. The molecule has 2 N–H and O–H groups in total. The molecule has 2 nitrogen and oxygen atoms in total. The van der Waals surface area contributed by atoms with E-state index in [9.17, 15) is 0 Å². The van der Waals surface area contributed by atoms with Crippen molar-refractivity contribution in [3.63, 3.8) is 0 Å². The van der Waals surface area contributed by atoms with Gasteiger partial charge in [0.05, 0.1) is 6.04 Å². The minimum absolute atomic E-state index is 0.280. The van der Waals surface area contributed by atoms with E-state index in [2.05, 4.69) is 31.5 Å². The SMILES string of the molecule is CC(C)C(C)/N=C(/N)S. The average Bonchev–Trinajstić information content (AvgIpc) is 1.63. The summed E-state index contributed by atoms with van der Waals surface area (Å²) < 4.78 is 0. The van der Waals surface area contributed by atoms with Crippen LogP contribution in [0.25, 0.3) is 0 Å². The van der Waals surface area contributed by atoms with Gasteiger partial charge in [0.1, 0.15) is 0 Å². The number of amidine groups is 1. The number of hydrogen-bond acceptors (Lipinski definition) is 1. The Labute approximate surface area is 62.0 Å². The van der Waals surface area contributed by atoms with Gasteiger partial charge in [-0.05, 0) is 12.8 Å². The highest BCUT2D eigenvalue weighted by molar-refractivity contribution is 7.96. The fourth-order valence-electron chi connectivity index (χ4n) is 0.358. The Morgan fingerprint density at radius 2 is 1.89 bits per heavy atom. The molecule has 0 fully saturated rings. The van der Waals surface area contributed by atoms with Gasteiger partial charge in [0.2, 0.25) is 0 Å². The largest absolute Gasteiger partial charge is 0.379 e. The smallest absolute Gasteiger partial charge is 0.151 e. The second-order valence-corrected chi connectivity index (χ2v) is 2.93. The minimum atomic E-state index is 0.280. The zero-order chi connectivity index (χ0) is 7.44. The summed E-state index contributed by atoms with van der Waals surface area (Å²) in [6.07, 6.45) is 0. The third-order valence-corrected chi connectivity index (χ3v) is 1.42. The zero-order valence-electron chi connectivity index (χ0n) is 6.13. The number of nitrogens with two attached hydrogens (primary N) is 1. The standard InChI is InChI=1S/C6H14N2S/c1-4(2)5(3)8-6(7)9/h4-5H,1-3H3,(H3,7,8,9). The van der Waals surface area contributed by atoms with E-state index in [-0.39, 0.29) is 6.04 Å². The summed E-state index contributed by atoms with van der Waals surface area (Å²) in [5.74, 6) is 0.538. The fourth-order valence-corrected chi connectivity index (χ4v) is 0.540. The van der Waals surface area contributed by atoms with Crippen LogP contribution in [0.4, 0.5) is 0 Å². The first-order chi connectivity index (χ1) is 4.04. The molecule has 1 atom stereocenters. The Morgan fingerprint density at radius 3 is 2.00 bits per heavy atom. The molecule has 0 saturated carbocycles. The number of aliphatic imine (C=N–C) groups is 1. The Morgan fingerprint density at radius 1 is 1.44 bits per heavy atom. The van der Waals surface area contributed by atoms with Gasteiger partial charge in [0.15, 0.2) is 5.17 Å². The van der Waals surface area contributed by atoms with Gasteiger partial charge in [-0.3, -0.25) is 4.99 Å². The monoisotopic (exact) mass is 146 g/mol. The molecule has 0 radical (unpaired) electrons. The Hall–Kier alpha value is -0.180. The molecule has 3 heteroatoms. The van der Waals surface area contributed by atoms with E-state index in [1.54, 1.807) is 0 Å². The molecular formula is C6H14N2S. The van der Waals surface area contributed by atoms with Crippen LogP contribution < -0.4 is 5.73 Å². The molecule has 0 aliphatic heterocycles. The summed E-state index contributed by atoms with van der Waals surface area (Å²) in [7, 11) is 0. The van der Waals surface area contributed by atoms with E-state index in [0.29, 0.717) is 11.1 Å². The van der Waals surface area contributed by atoms with E-state index in [1.807, 2.05) is 6.92 Å². The minimum Gasteiger partial charge on any atom is -0.379 e. The summed E-state index contributed by atoms with van der Waals surface area (Å²) in [4.78, 5) is 4.04. The van der Waals surface area contributed by atoms with Gasteiger partial charge in [-0.25, -0.2) is 0 Å². The average molecular weight is 146 g/mol. The second kappa shape index (κ2) is 3.77. The fraction of sp³-hybridized carbons (Fsp3) is 0.833. The molecule has 0 bridgehead atoms. The van der Waals surface area contributed by atoms with Gasteiger partial charge in [-0.15, -0.1) is 12.6 Å². The maximum atomic E-state index is 5.25. The van der Waals surface area contributed by atoms with Gasteiger partial charge >= 0.3 is 0 Å². The highest BCUT2D eigenvalue weighted by Crippen LogP contribution is 2.04. The van der Waals surface area contributed by atoms with Crippen molar-refractivity contribution in [2.45, 2.75) is 26.8 Å². The Kier molecular flexibility index (Phi) is 3.70. The van der Waals surface area contributed by atoms with Crippen molar-refractivity contribution >= 4 is 17.8 Å². The van der Waals surface area contributed by atoms with Crippen molar-refractivity contribution in [2.75, 3.05) is 0 Å². The van der Waals surface area contributed by atoms with Crippen molar-refractivity contribution in [2.24, 2.45) is 16.6 Å². The molecular weight excluding hydrogens is 132 g/mol. The van der Waals surface area contributed by atoms with E-state index >= 15 is 0 Å². The molecule has 54 valence electrons. The van der Waals surface area contributed by atoms with E-state index in [4.69, 9.17) is 5.73 Å². The lowest BCUT2D eigenvalue weighted by Gasteiger charge is -2.09. The number of hydrogen-bond donors (Lipinski definition) is 2. The number of nitrogens with zero attached hydrogens (tertiary/aromatic N) is 1. The maximum Gasteiger partial charge on any atom is 0.151 e. The molecule has 0 aliphatic carbocycles. The molecule has 0 rings (SSSR count). The predicted molar refractivity (Wildman–Crippen MR) is 44.9 cm³/mol. The van der Waals surface area contributed by atoms with Crippen LogP contribution in [-0.4, -0.2) is 11.2 Å². The topological polar surface area (TPSA) is 38.4 Å². The summed E-state index contributed by atoms with van der Waals surface area (Å²) in [5.41, 5.74) is 5.25. The van der Waals surface area contributed by atoms with Crippen LogP contribution in [0.2, 0.25) is 0 Å². The lowest BCUT2D eigenvalue weighted by Crippen LogP contribution is -2.13. The molecule has 0 aromatic rings. The molecule has 1 unspecified atom stereocenters. The first-order valence-corrected chi connectivity index (χ1v) is 3.51. The highest BCUT2D eigenvalue weighted by Gasteiger charge is 2.03. The van der Waals surface area contributed by atoms with Crippen LogP contribution in [-0.2, 0) is 0 Å². The van der Waals surface area contributed by atoms with Gasteiger partial charge in [0.25, 0.3) is 0 Å². The third-order valence-electron chi connectivity index (χ3n) is 1.30. The van der Waals surface area contributed by atoms with Gasteiger partial charge in [-0.1, -0.05) is 13.8 Å². The van der Waals surface area contributed by atoms with E-state index < -0.39 is 0 Å². The molecule has 0 amide bonds. The van der Waals surface area contributed by atoms with E-state index in [0.717, 1.165) is 0 Å². The highest BCUT2D eigenvalue weighted by atomic mass is 32.1. The Bertz CT molecular complexity index is 106. The van der Waals surface area contributed by atoms with Crippen LogP contribution >= 0.6 is 12.6 Å². The van der Waals surface area contributed by atoms with Gasteiger partial charge < -0.3 is 5.73 Å². The number of thiol groups is 1. The second-order valence-electron chi connectivity index (χ2n) is 2.47. The van der Waals surface area contributed by atoms with Gasteiger partial charge in [0, 0.05) is 0 Å². The normalized spacial score (nSPS) is 16.3. The first kappa shape index (κ1) is 8.82. The summed E-state index contributed by atoms with van der Waals surface area (Å²) >= 11 is 3.86. The molecule has 0 aromatic carbocycles. The van der Waals surface area contributed by atoms with Crippen LogP contribution in [0.3, 0.4) is 0 Å². The van der Waals surface area contributed by atoms with Crippen LogP contribution in [0, 0.1) is 5.92 Å². The summed E-state index contributed by atoms with van der Waals surface area (Å²) in [6.45, 7) is 6.23. The van der Waals surface area contributed by atoms with Crippen LogP contribution in [0.1, 0.15) is 20.8 Å². The predicted octanol–water partition coefficient (Wildman–Crippen LogP) is 1.28.